The monoisotopic (exact) mass is 376 g/mol. The number of benzene rings is 2. The summed E-state index contributed by atoms with van der Waals surface area (Å²) in [5, 5.41) is 13.6. The minimum atomic E-state index is -0.758. The minimum absolute atomic E-state index is 0.0158. The molecule has 1 amide bonds. The minimum Gasteiger partial charge on any atom is -0.507 e. The normalized spacial score (nSPS) is 25.0. The van der Waals surface area contributed by atoms with Gasteiger partial charge in [0.1, 0.15) is 11.5 Å². The molecule has 5 heteroatoms. The number of aliphatic hydroxyl groups is 1. The zero-order valence-corrected chi connectivity index (χ0v) is 16.3. The largest absolute Gasteiger partial charge is 0.507 e. The van der Waals surface area contributed by atoms with Crippen molar-refractivity contribution in [3.8, 4) is 5.75 Å². The number of hydrogen-bond donors (Lipinski definition) is 2. The fourth-order valence-electron chi connectivity index (χ4n) is 3.89. The Bertz CT molecular complexity index is 976. The van der Waals surface area contributed by atoms with Gasteiger partial charge in [-0.3, -0.25) is 4.79 Å². The zero-order valence-electron chi connectivity index (χ0n) is 16.3. The Labute approximate surface area is 164 Å². The van der Waals surface area contributed by atoms with Crippen LogP contribution in [0.4, 0.5) is 5.69 Å². The van der Waals surface area contributed by atoms with Crippen molar-refractivity contribution in [3.63, 3.8) is 0 Å². The second-order valence-corrected chi connectivity index (χ2v) is 7.70. The first-order valence-corrected chi connectivity index (χ1v) is 9.35. The van der Waals surface area contributed by atoms with Crippen LogP contribution in [0.3, 0.4) is 0 Å². The van der Waals surface area contributed by atoms with Gasteiger partial charge in [-0.05, 0) is 36.8 Å². The number of fused-ring (bicyclic) bond motifs is 4. The van der Waals surface area contributed by atoms with Crippen molar-refractivity contribution < 1.29 is 14.6 Å². The molecule has 2 N–H and O–H groups in total. The number of carbonyl (C=O) groups excluding carboxylic acids is 1. The summed E-state index contributed by atoms with van der Waals surface area (Å²) in [6.07, 6.45) is 3.99. The fraction of sp³-hybridized carbons (Fsp3) is 0.261. The fourth-order valence-corrected chi connectivity index (χ4v) is 3.89. The zero-order chi connectivity index (χ0) is 19.9. The number of para-hydroxylation sites is 1. The molecular formula is C23H24N2O3. The summed E-state index contributed by atoms with van der Waals surface area (Å²) in [5.41, 5.74) is 2.61. The van der Waals surface area contributed by atoms with E-state index in [9.17, 15) is 9.90 Å². The van der Waals surface area contributed by atoms with E-state index in [1.807, 2.05) is 80.5 Å². The van der Waals surface area contributed by atoms with Crippen LogP contribution in [0.15, 0.2) is 65.9 Å². The van der Waals surface area contributed by atoms with E-state index in [1.54, 1.807) is 6.08 Å². The smallest absolute Gasteiger partial charge is 0.254 e. The molecule has 2 aromatic rings. The molecular weight excluding hydrogens is 352 g/mol. The van der Waals surface area contributed by atoms with Crippen molar-refractivity contribution >= 4 is 17.7 Å². The lowest BCUT2D eigenvalue weighted by atomic mass is 9.78. The van der Waals surface area contributed by atoms with Gasteiger partial charge in [-0.15, -0.1) is 0 Å². The third kappa shape index (κ3) is 3.24. The summed E-state index contributed by atoms with van der Waals surface area (Å²) in [6, 6.07) is 15.7. The standard InChI is InChI=1S/C23H24N2O3/c1-23-14-18(17-6-4-5-7-20(17)28-23)21(22(27)24-23)19(26)13-10-15-8-11-16(12-9-15)25(2)3/h4-13,18,26H,14H2,1-3H3,(H,24,27)/b13-10+,21-19-. The molecule has 28 heavy (non-hydrogen) atoms. The molecule has 2 aliphatic heterocycles. The van der Waals surface area contributed by atoms with E-state index in [-0.39, 0.29) is 17.6 Å². The van der Waals surface area contributed by atoms with Crippen LogP contribution in [-0.4, -0.2) is 30.8 Å². The first-order valence-electron chi connectivity index (χ1n) is 9.35. The van der Waals surface area contributed by atoms with Crippen LogP contribution in [0, 0.1) is 0 Å². The Hall–Kier alpha value is -3.21. The molecule has 2 heterocycles. The average Bonchev–Trinajstić information content (AvgIpc) is 2.65. The van der Waals surface area contributed by atoms with Crippen molar-refractivity contribution in [2.45, 2.75) is 25.0 Å². The van der Waals surface area contributed by atoms with Gasteiger partial charge in [0.05, 0.1) is 5.57 Å². The predicted molar refractivity (Wildman–Crippen MR) is 110 cm³/mol. The Balaban J connectivity index is 1.68. The third-order valence-electron chi connectivity index (χ3n) is 5.31. The number of aliphatic hydroxyl groups excluding tert-OH is 1. The summed E-state index contributed by atoms with van der Waals surface area (Å²) >= 11 is 0. The summed E-state index contributed by atoms with van der Waals surface area (Å²) in [4.78, 5) is 14.8. The Morgan fingerprint density at radius 1 is 1.21 bits per heavy atom. The van der Waals surface area contributed by atoms with E-state index < -0.39 is 5.72 Å². The van der Waals surface area contributed by atoms with Gasteiger partial charge in [0.2, 0.25) is 0 Å². The Morgan fingerprint density at radius 3 is 2.64 bits per heavy atom. The van der Waals surface area contributed by atoms with Crippen molar-refractivity contribution in [3.05, 3.63) is 77.1 Å². The van der Waals surface area contributed by atoms with Crippen LogP contribution >= 0.6 is 0 Å². The maximum Gasteiger partial charge on any atom is 0.254 e. The topological polar surface area (TPSA) is 61.8 Å². The van der Waals surface area contributed by atoms with E-state index in [1.165, 1.54) is 0 Å². The van der Waals surface area contributed by atoms with Crippen LogP contribution < -0.4 is 15.0 Å². The molecule has 2 aromatic carbocycles. The highest BCUT2D eigenvalue weighted by molar-refractivity contribution is 5.98. The van der Waals surface area contributed by atoms with Gasteiger partial charge >= 0.3 is 0 Å². The molecule has 0 aromatic heterocycles. The lowest BCUT2D eigenvalue weighted by molar-refractivity contribution is -0.127. The molecule has 144 valence electrons. The molecule has 0 spiro atoms. The van der Waals surface area contributed by atoms with Gasteiger partial charge in [0.25, 0.3) is 5.91 Å². The first kappa shape index (κ1) is 18.2. The van der Waals surface area contributed by atoms with Crippen molar-refractivity contribution in [1.82, 2.24) is 5.32 Å². The summed E-state index contributed by atoms with van der Waals surface area (Å²) in [5.74, 6) is 0.232. The number of nitrogens with one attached hydrogen (secondary N) is 1. The van der Waals surface area contributed by atoms with E-state index >= 15 is 0 Å². The lowest BCUT2D eigenvalue weighted by Crippen LogP contribution is -2.58. The molecule has 5 nitrogen and oxygen atoms in total. The molecule has 2 bridgehead atoms. The molecule has 0 saturated carbocycles. The molecule has 2 atom stereocenters. The highest BCUT2D eigenvalue weighted by Gasteiger charge is 2.47. The number of hydrogen-bond acceptors (Lipinski definition) is 4. The van der Waals surface area contributed by atoms with E-state index in [4.69, 9.17) is 4.74 Å². The molecule has 0 aliphatic carbocycles. The lowest BCUT2D eigenvalue weighted by Gasteiger charge is -2.45. The molecule has 0 radical (unpaired) electrons. The van der Waals surface area contributed by atoms with Crippen LogP contribution in [0.2, 0.25) is 0 Å². The SMILES string of the molecule is CN(C)c1ccc(/C=C/C(O)=C2/C(=O)NC3(C)CC2c2ccccc2O3)cc1. The Morgan fingerprint density at radius 2 is 1.93 bits per heavy atom. The number of allylic oxidation sites excluding steroid dienone is 1. The molecule has 4 rings (SSSR count). The average molecular weight is 376 g/mol. The highest BCUT2D eigenvalue weighted by Crippen LogP contribution is 2.47. The quantitative estimate of drug-likeness (QED) is 0.628. The van der Waals surface area contributed by atoms with Gasteiger partial charge in [-0.1, -0.05) is 36.4 Å². The van der Waals surface area contributed by atoms with Crippen molar-refractivity contribution in [1.29, 1.82) is 0 Å². The van der Waals surface area contributed by atoms with Crippen LogP contribution in [0.25, 0.3) is 6.08 Å². The van der Waals surface area contributed by atoms with Crippen molar-refractivity contribution in [2.75, 3.05) is 19.0 Å². The van der Waals surface area contributed by atoms with Gasteiger partial charge in [0, 0.05) is 37.7 Å². The Kier molecular flexibility index (Phi) is 4.38. The number of piperidine rings is 1. The van der Waals surface area contributed by atoms with Gasteiger partial charge < -0.3 is 20.1 Å². The third-order valence-corrected chi connectivity index (χ3v) is 5.31. The second kappa shape index (κ2) is 6.75. The van der Waals surface area contributed by atoms with Crippen molar-refractivity contribution in [2.24, 2.45) is 0 Å². The van der Waals surface area contributed by atoms with Crippen LogP contribution in [0.5, 0.6) is 5.75 Å². The van der Waals surface area contributed by atoms with Crippen LogP contribution in [-0.2, 0) is 4.79 Å². The highest BCUT2D eigenvalue weighted by atomic mass is 16.5. The summed E-state index contributed by atoms with van der Waals surface area (Å²) in [7, 11) is 3.98. The first-order chi connectivity index (χ1) is 13.4. The number of anilines is 1. The predicted octanol–water partition coefficient (Wildman–Crippen LogP) is 3.99. The summed E-state index contributed by atoms with van der Waals surface area (Å²) < 4.78 is 5.99. The maximum absolute atomic E-state index is 12.7. The van der Waals surface area contributed by atoms with Gasteiger partial charge in [0.15, 0.2) is 5.72 Å². The van der Waals surface area contributed by atoms with Crippen LogP contribution in [0.1, 0.15) is 30.4 Å². The number of carbonyl (C=O) groups is 1. The van der Waals surface area contributed by atoms with E-state index in [0.717, 1.165) is 22.6 Å². The molecule has 1 fully saturated rings. The molecule has 2 unspecified atom stereocenters. The second-order valence-electron chi connectivity index (χ2n) is 7.70. The van der Waals surface area contributed by atoms with E-state index in [0.29, 0.717) is 12.0 Å². The molecule has 1 saturated heterocycles. The molecule has 2 aliphatic rings. The number of nitrogens with zero attached hydrogens (tertiary/aromatic N) is 1. The number of ether oxygens (including phenoxy) is 1. The number of amides is 1. The van der Waals surface area contributed by atoms with E-state index in [2.05, 4.69) is 5.32 Å². The maximum atomic E-state index is 12.7. The number of rotatable bonds is 3. The van der Waals surface area contributed by atoms with Gasteiger partial charge in [-0.2, -0.15) is 0 Å². The summed E-state index contributed by atoms with van der Waals surface area (Å²) in [6.45, 7) is 1.86. The van der Waals surface area contributed by atoms with Gasteiger partial charge in [-0.25, -0.2) is 0 Å².